The molecule has 96 valence electrons. The lowest BCUT2D eigenvalue weighted by atomic mass is 9.90. The van der Waals surface area contributed by atoms with Crippen molar-refractivity contribution in [1.29, 1.82) is 0 Å². The zero-order chi connectivity index (χ0) is 12.3. The molecule has 0 saturated carbocycles. The van der Waals surface area contributed by atoms with E-state index in [4.69, 9.17) is 0 Å². The predicted molar refractivity (Wildman–Crippen MR) is 78.6 cm³/mol. The van der Waals surface area contributed by atoms with Gasteiger partial charge in [0, 0.05) is 36.6 Å². The monoisotopic (exact) mass is 316 g/mol. The number of hydrogen-bond acceptors (Lipinski definition) is 3. The highest BCUT2D eigenvalue weighted by Gasteiger charge is 2.31. The third-order valence-corrected chi connectivity index (χ3v) is 5.42. The standard InChI is InChI=1S/C13H21BrN2S/c1-3-13(4-2)10-16(8-7-15-13)9-11-5-6-12(14)17-11/h5-6,15H,3-4,7-10H2,1-2H3. The van der Waals surface area contributed by atoms with Crippen LogP contribution >= 0.6 is 27.3 Å². The zero-order valence-corrected chi connectivity index (χ0v) is 13.0. The summed E-state index contributed by atoms with van der Waals surface area (Å²) < 4.78 is 1.24. The summed E-state index contributed by atoms with van der Waals surface area (Å²) in [5.41, 5.74) is 0.340. The number of hydrogen-bond donors (Lipinski definition) is 1. The van der Waals surface area contributed by atoms with Gasteiger partial charge in [0.1, 0.15) is 0 Å². The minimum absolute atomic E-state index is 0.340. The number of piperazine rings is 1. The predicted octanol–water partition coefficient (Wildman–Crippen LogP) is 3.47. The van der Waals surface area contributed by atoms with Crippen LogP contribution in [0, 0.1) is 0 Å². The highest BCUT2D eigenvalue weighted by atomic mass is 79.9. The smallest absolute Gasteiger partial charge is 0.0701 e. The van der Waals surface area contributed by atoms with Crippen molar-refractivity contribution in [1.82, 2.24) is 10.2 Å². The molecule has 1 aromatic rings. The van der Waals surface area contributed by atoms with Crippen LogP contribution in [-0.4, -0.2) is 30.1 Å². The second-order valence-electron chi connectivity index (χ2n) is 4.83. The molecule has 0 aromatic carbocycles. The number of thiophene rings is 1. The third-order valence-electron chi connectivity index (χ3n) is 3.82. The molecular formula is C13H21BrN2S. The highest BCUT2D eigenvalue weighted by molar-refractivity contribution is 9.11. The Morgan fingerprint density at radius 1 is 1.41 bits per heavy atom. The second kappa shape index (κ2) is 5.83. The summed E-state index contributed by atoms with van der Waals surface area (Å²) in [5.74, 6) is 0. The van der Waals surface area contributed by atoms with Crippen LogP contribution in [0.2, 0.25) is 0 Å². The molecule has 0 aliphatic carbocycles. The summed E-state index contributed by atoms with van der Waals surface area (Å²) in [6.45, 7) is 9.14. The van der Waals surface area contributed by atoms with Gasteiger partial charge in [0.05, 0.1) is 3.79 Å². The van der Waals surface area contributed by atoms with E-state index in [0.29, 0.717) is 5.54 Å². The Balaban J connectivity index is 1.98. The quantitative estimate of drug-likeness (QED) is 0.915. The molecule has 4 heteroatoms. The van der Waals surface area contributed by atoms with Crippen LogP contribution in [0.5, 0.6) is 0 Å². The summed E-state index contributed by atoms with van der Waals surface area (Å²) in [5, 5.41) is 3.71. The van der Waals surface area contributed by atoms with Gasteiger partial charge in [-0.05, 0) is 40.9 Å². The molecule has 0 unspecified atom stereocenters. The lowest BCUT2D eigenvalue weighted by Crippen LogP contribution is -2.59. The number of rotatable bonds is 4. The molecular weight excluding hydrogens is 296 g/mol. The Labute approximate surface area is 117 Å². The first-order valence-corrected chi connectivity index (χ1v) is 8.00. The molecule has 1 saturated heterocycles. The van der Waals surface area contributed by atoms with E-state index in [1.54, 1.807) is 0 Å². The fourth-order valence-corrected chi connectivity index (χ4v) is 4.08. The van der Waals surface area contributed by atoms with Crippen LogP contribution in [0.4, 0.5) is 0 Å². The van der Waals surface area contributed by atoms with Gasteiger partial charge in [0.15, 0.2) is 0 Å². The van der Waals surface area contributed by atoms with Crippen molar-refractivity contribution in [3.63, 3.8) is 0 Å². The molecule has 2 rings (SSSR count). The third kappa shape index (κ3) is 3.31. The fraction of sp³-hybridized carbons (Fsp3) is 0.692. The minimum Gasteiger partial charge on any atom is -0.309 e. The Morgan fingerprint density at radius 3 is 2.76 bits per heavy atom. The van der Waals surface area contributed by atoms with E-state index in [2.05, 4.69) is 52.1 Å². The Bertz CT molecular complexity index is 360. The molecule has 17 heavy (non-hydrogen) atoms. The maximum absolute atomic E-state index is 3.71. The van der Waals surface area contributed by atoms with E-state index < -0.39 is 0 Å². The average Bonchev–Trinajstić information content (AvgIpc) is 2.75. The first-order valence-electron chi connectivity index (χ1n) is 6.39. The van der Waals surface area contributed by atoms with Crippen LogP contribution in [0.15, 0.2) is 15.9 Å². The first kappa shape index (κ1) is 13.5. The van der Waals surface area contributed by atoms with Crippen LogP contribution < -0.4 is 5.32 Å². The average molecular weight is 317 g/mol. The van der Waals surface area contributed by atoms with Crippen molar-refractivity contribution in [3.8, 4) is 0 Å². The van der Waals surface area contributed by atoms with Crippen LogP contribution in [0.25, 0.3) is 0 Å². The number of nitrogens with zero attached hydrogens (tertiary/aromatic N) is 1. The Morgan fingerprint density at radius 2 is 2.18 bits per heavy atom. The maximum atomic E-state index is 3.71. The molecule has 0 bridgehead atoms. The summed E-state index contributed by atoms with van der Waals surface area (Å²) in [6.07, 6.45) is 2.43. The second-order valence-corrected chi connectivity index (χ2v) is 7.38. The maximum Gasteiger partial charge on any atom is 0.0701 e. The van der Waals surface area contributed by atoms with E-state index in [1.165, 1.54) is 28.0 Å². The van der Waals surface area contributed by atoms with Gasteiger partial charge in [-0.25, -0.2) is 0 Å². The lowest BCUT2D eigenvalue weighted by Gasteiger charge is -2.43. The first-order chi connectivity index (χ1) is 8.17. The topological polar surface area (TPSA) is 15.3 Å². The molecule has 0 spiro atoms. The summed E-state index contributed by atoms with van der Waals surface area (Å²) >= 11 is 5.39. The highest BCUT2D eigenvalue weighted by Crippen LogP contribution is 2.26. The zero-order valence-electron chi connectivity index (χ0n) is 10.6. The van der Waals surface area contributed by atoms with E-state index in [1.807, 2.05) is 11.3 Å². The molecule has 1 aliphatic rings. The van der Waals surface area contributed by atoms with Gasteiger partial charge >= 0.3 is 0 Å². The fourth-order valence-electron chi connectivity index (χ4n) is 2.56. The molecule has 2 heterocycles. The van der Waals surface area contributed by atoms with Crippen molar-refractivity contribution in [2.75, 3.05) is 19.6 Å². The Hall–Kier alpha value is 0.1000. The van der Waals surface area contributed by atoms with E-state index in [9.17, 15) is 0 Å². The molecule has 0 atom stereocenters. The van der Waals surface area contributed by atoms with E-state index in [0.717, 1.165) is 19.6 Å². The largest absolute Gasteiger partial charge is 0.309 e. The summed E-state index contributed by atoms with van der Waals surface area (Å²) in [7, 11) is 0. The normalized spacial score (nSPS) is 20.6. The van der Waals surface area contributed by atoms with Gasteiger partial charge in [-0.3, -0.25) is 4.90 Å². The van der Waals surface area contributed by atoms with E-state index in [-0.39, 0.29) is 0 Å². The molecule has 0 amide bonds. The van der Waals surface area contributed by atoms with Crippen molar-refractivity contribution in [3.05, 3.63) is 20.8 Å². The van der Waals surface area contributed by atoms with Gasteiger partial charge in [0.2, 0.25) is 0 Å². The van der Waals surface area contributed by atoms with Crippen LogP contribution in [-0.2, 0) is 6.54 Å². The van der Waals surface area contributed by atoms with Crippen molar-refractivity contribution in [2.24, 2.45) is 0 Å². The van der Waals surface area contributed by atoms with Crippen molar-refractivity contribution >= 4 is 27.3 Å². The van der Waals surface area contributed by atoms with Crippen molar-refractivity contribution < 1.29 is 0 Å². The van der Waals surface area contributed by atoms with Gasteiger partial charge in [-0.2, -0.15) is 0 Å². The van der Waals surface area contributed by atoms with Gasteiger partial charge in [-0.1, -0.05) is 13.8 Å². The van der Waals surface area contributed by atoms with E-state index >= 15 is 0 Å². The van der Waals surface area contributed by atoms with Crippen LogP contribution in [0.1, 0.15) is 31.6 Å². The van der Waals surface area contributed by atoms with Gasteiger partial charge in [0.25, 0.3) is 0 Å². The molecule has 1 N–H and O–H groups in total. The lowest BCUT2D eigenvalue weighted by molar-refractivity contribution is 0.119. The number of nitrogens with one attached hydrogen (secondary N) is 1. The number of halogens is 1. The Kier molecular flexibility index (Phi) is 4.64. The molecule has 2 nitrogen and oxygen atoms in total. The summed E-state index contributed by atoms with van der Waals surface area (Å²) in [6, 6.07) is 4.38. The molecule has 0 radical (unpaired) electrons. The molecule has 1 aliphatic heterocycles. The minimum atomic E-state index is 0.340. The molecule has 1 fully saturated rings. The van der Waals surface area contributed by atoms with Gasteiger partial charge in [-0.15, -0.1) is 11.3 Å². The van der Waals surface area contributed by atoms with Gasteiger partial charge < -0.3 is 5.32 Å². The van der Waals surface area contributed by atoms with Crippen LogP contribution in [0.3, 0.4) is 0 Å². The molecule has 1 aromatic heterocycles. The van der Waals surface area contributed by atoms with Crippen molar-refractivity contribution in [2.45, 2.75) is 38.8 Å². The summed E-state index contributed by atoms with van der Waals surface area (Å²) in [4.78, 5) is 4.04. The SMILES string of the molecule is CCC1(CC)CN(Cc2ccc(Br)s2)CCN1.